The van der Waals surface area contributed by atoms with Crippen LogP contribution in [0, 0.1) is 11.8 Å². The number of epoxide rings is 1. The molecule has 1 saturated carbocycles. The molecule has 2 aliphatic rings. The lowest BCUT2D eigenvalue weighted by molar-refractivity contribution is 0.242. The van der Waals surface area contributed by atoms with Gasteiger partial charge in [-0.3, -0.25) is 0 Å². The smallest absolute Gasteiger partial charge is 0.162 e. The first-order valence-electron chi connectivity index (χ1n) is 6.44. The van der Waals surface area contributed by atoms with Crippen LogP contribution in [0.3, 0.4) is 0 Å². The summed E-state index contributed by atoms with van der Waals surface area (Å²) < 4.78 is 11.3. The van der Waals surface area contributed by atoms with Crippen LogP contribution in [0.25, 0.3) is 0 Å². The maximum Gasteiger partial charge on any atom is 0.162 e. The number of ether oxygens (including phenoxy) is 1. The summed E-state index contributed by atoms with van der Waals surface area (Å²) in [5.74, 6) is 1.78. The predicted octanol–water partition coefficient (Wildman–Crippen LogP) is 2.12. The molecule has 4 atom stereocenters. The van der Waals surface area contributed by atoms with Gasteiger partial charge in [-0.25, -0.2) is 0 Å². The molecule has 0 bridgehead atoms. The zero-order valence-electron chi connectivity index (χ0n) is 10.2. The summed E-state index contributed by atoms with van der Waals surface area (Å²) in [7, 11) is -0.273. The molecule has 0 amide bonds. The standard InChI is InChI=1S/C12H24O2Si/c1-8(2)14-15-7-9(3)10-4-5-11-12(6-10)13-11/h8-12H,4-7,15H2,1-3H3. The molecular formula is C12H24O2Si. The fraction of sp³-hybridized carbons (Fsp3) is 1.00. The molecule has 2 nitrogen and oxygen atoms in total. The second kappa shape index (κ2) is 4.98. The van der Waals surface area contributed by atoms with Crippen molar-refractivity contribution < 1.29 is 9.16 Å². The van der Waals surface area contributed by atoms with Crippen molar-refractivity contribution >= 4 is 9.76 Å². The molecule has 0 aromatic carbocycles. The minimum atomic E-state index is -0.273. The largest absolute Gasteiger partial charge is 0.422 e. The van der Waals surface area contributed by atoms with Crippen molar-refractivity contribution in [3.63, 3.8) is 0 Å². The molecule has 15 heavy (non-hydrogen) atoms. The fourth-order valence-electron chi connectivity index (χ4n) is 2.68. The van der Waals surface area contributed by atoms with Gasteiger partial charge in [0.25, 0.3) is 0 Å². The maximum atomic E-state index is 5.75. The van der Waals surface area contributed by atoms with E-state index < -0.39 is 0 Å². The van der Waals surface area contributed by atoms with Crippen molar-refractivity contribution in [2.75, 3.05) is 0 Å². The van der Waals surface area contributed by atoms with Gasteiger partial charge in [0.2, 0.25) is 0 Å². The van der Waals surface area contributed by atoms with E-state index in [4.69, 9.17) is 9.16 Å². The van der Waals surface area contributed by atoms with Crippen molar-refractivity contribution in [3.8, 4) is 0 Å². The zero-order chi connectivity index (χ0) is 10.8. The molecule has 1 saturated heterocycles. The monoisotopic (exact) mass is 228 g/mol. The average molecular weight is 228 g/mol. The molecule has 1 aliphatic heterocycles. The number of rotatable bonds is 5. The predicted molar refractivity (Wildman–Crippen MR) is 64.7 cm³/mol. The zero-order valence-corrected chi connectivity index (χ0v) is 11.7. The lowest BCUT2D eigenvalue weighted by Gasteiger charge is -2.25. The highest BCUT2D eigenvalue weighted by Crippen LogP contribution is 2.42. The van der Waals surface area contributed by atoms with Gasteiger partial charge < -0.3 is 9.16 Å². The number of hydrogen-bond donors (Lipinski definition) is 0. The topological polar surface area (TPSA) is 21.8 Å². The van der Waals surface area contributed by atoms with Crippen LogP contribution in [0.15, 0.2) is 0 Å². The molecule has 88 valence electrons. The number of hydrogen-bond acceptors (Lipinski definition) is 2. The Hall–Kier alpha value is 0.137. The van der Waals surface area contributed by atoms with Crippen LogP contribution in [0.4, 0.5) is 0 Å². The Kier molecular flexibility index (Phi) is 3.86. The van der Waals surface area contributed by atoms with Gasteiger partial charge in [0.15, 0.2) is 9.76 Å². The number of fused-ring (bicyclic) bond motifs is 1. The Morgan fingerprint density at radius 2 is 2.07 bits per heavy atom. The fourth-order valence-corrected chi connectivity index (χ4v) is 4.13. The van der Waals surface area contributed by atoms with E-state index in [0.29, 0.717) is 18.3 Å². The first-order chi connectivity index (χ1) is 7.16. The summed E-state index contributed by atoms with van der Waals surface area (Å²) in [6.45, 7) is 6.69. The third kappa shape index (κ3) is 3.30. The van der Waals surface area contributed by atoms with Crippen LogP contribution < -0.4 is 0 Å². The molecule has 4 unspecified atom stereocenters. The highest BCUT2D eigenvalue weighted by molar-refractivity contribution is 6.27. The van der Waals surface area contributed by atoms with Crippen LogP contribution in [0.1, 0.15) is 40.0 Å². The van der Waals surface area contributed by atoms with E-state index in [9.17, 15) is 0 Å². The molecule has 3 heteroatoms. The highest BCUT2D eigenvalue weighted by atomic mass is 28.2. The summed E-state index contributed by atoms with van der Waals surface area (Å²) in [6, 6.07) is 1.35. The van der Waals surface area contributed by atoms with Crippen LogP contribution in [-0.2, 0) is 9.16 Å². The first-order valence-corrected chi connectivity index (χ1v) is 8.01. The lowest BCUT2D eigenvalue weighted by Crippen LogP contribution is -2.22. The molecule has 1 heterocycles. The Labute approximate surface area is 95.7 Å². The SMILES string of the molecule is CC(C)O[SiH2]CC(C)C1CCC2OC2C1. The van der Waals surface area contributed by atoms with Crippen LogP contribution in [0.5, 0.6) is 0 Å². The summed E-state index contributed by atoms with van der Waals surface area (Å²) >= 11 is 0. The summed E-state index contributed by atoms with van der Waals surface area (Å²) in [5, 5.41) is 0. The van der Waals surface area contributed by atoms with E-state index in [1.54, 1.807) is 0 Å². The molecular weight excluding hydrogens is 204 g/mol. The Bertz CT molecular complexity index is 208. The second-order valence-corrected chi connectivity index (χ2v) is 6.79. The van der Waals surface area contributed by atoms with E-state index in [-0.39, 0.29) is 9.76 Å². The van der Waals surface area contributed by atoms with E-state index in [1.807, 2.05) is 0 Å². The van der Waals surface area contributed by atoms with Crippen molar-refractivity contribution in [3.05, 3.63) is 0 Å². The average Bonchev–Trinajstić information content (AvgIpc) is 2.94. The molecule has 0 aromatic rings. The van der Waals surface area contributed by atoms with Gasteiger partial charge in [0.05, 0.1) is 12.2 Å². The van der Waals surface area contributed by atoms with Crippen LogP contribution >= 0.6 is 0 Å². The van der Waals surface area contributed by atoms with Gasteiger partial charge >= 0.3 is 0 Å². The van der Waals surface area contributed by atoms with Gasteiger partial charge in [-0.2, -0.15) is 0 Å². The van der Waals surface area contributed by atoms with Crippen molar-refractivity contribution in [1.29, 1.82) is 0 Å². The van der Waals surface area contributed by atoms with Gasteiger partial charge in [0, 0.05) is 6.10 Å². The first kappa shape index (κ1) is 11.6. The third-order valence-electron chi connectivity index (χ3n) is 3.87. The minimum Gasteiger partial charge on any atom is -0.422 e. The maximum absolute atomic E-state index is 5.75. The molecule has 0 radical (unpaired) electrons. The minimum absolute atomic E-state index is 0.273. The highest BCUT2D eigenvalue weighted by Gasteiger charge is 2.44. The van der Waals surface area contributed by atoms with E-state index >= 15 is 0 Å². The molecule has 1 aliphatic carbocycles. The van der Waals surface area contributed by atoms with E-state index in [2.05, 4.69) is 20.8 Å². The Morgan fingerprint density at radius 3 is 2.73 bits per heavy atom. The molecule has 2 rings (SSSR count). The third-order valence-corrected chi connectivity index (χ3v) is 5.92. The van der Waals surface area contributed by atoms with Gasteiger partial charge in [0.1, 0.15) is 0 Å². The van der Waals surface area contributed by atoms with E-state index in [1.165, 1.54) is 25.3 Å². The van der Waals surface area contributed by atoms with Crippen LogP contribution in [0.2, 0.25) is 6.04 Å². The van der Waals surface area contributed by atoms with Gasteiger partial charge in [-0.15, -0.1) is 0 Å². The normalized spacial score (nSPS) is 37.2. The Balaban J connectivity index is 1.64. The summed E-state index contributed by atoms with van der Waals surface area (Å²) in [5.41, 5.74) is 0. The Morgan fingerprint density at radius 1 is 1.27 bits per heavy atom. The summed E-state index contributed by atoms with van der Waals surface area (Å²) in [4.78, 5) is 0. The van der Waals surface area contributed by atoms with E-state index in [0.717, 1.165) is 11.8 Å². The van der Waals surface area contributed by atoms with Crippen molar-refractivity contribution in [1.82, 2.24) is 0 Å². The van der Waals surface area contributed by atoms with Crippen molar-refractivity contribution in [2.24, 2.45) is 11.8 Å². The lowest BCUT2D eigenvalue weighted by atomic mass is 9.82. The quantitative estimate of drug-likeness (QED) is 0.531. The van der Waals surface area contributed by atoms with Crippen molar-refractivity contribution in [2.45, 2.75) is 64.4 Å². The summed E-state index contributed by atoms with van der Waals surface area (Å²) in [6.07, 6.45) is 5.75. The van der Waals surface area contributed by atoms with Gasteiger partial charge in [-0.05, 0) is 51.0 Å². The molecule has 2 fully saturated rings. The molecule has 0 N–H and O–H groups in total. The second-order valence-electron chi connectivity index (χ2n) is 5.47. The van der Waals surface area contributed by atoms with Gasteiger partial charge in [-0.1, -0.05) is 6.92 Å². The molecule has 0 spiro atoms. The van der Waals surface area contributed by atoms with Crippen LogP contribution in [-0.4, -0.2) is 28.1 Å². The molecule has 0 aromatic heterocycles.